The third-order valence-corrected chi connectivity index (χ3v) is 3.11. The first-order chi connectivity index (χ1) is 7.55. The van der Waals surface area contributed by atoms with Crippen LogP contribution < -0.4 is 9.88 Å². The van der Waals surface area contributed by atoms with Gasteiger partial charge in [-0.3, -0.25) is 0 Å². The number of nitrogens with zero attached hydrogens (tertiary/aromatic N) is 1. The Labute approximate surface area is 93.4 Å². The molecular weight excluding hydrogens is 232 g/mol. The summed E-state index contributed by atoms with van der Waals surface area (Å²) in [4.78, 5) is 3.85. The monoisotopic (exact) mass is 244 g/mol. The maximum absolute atomic E-state index is 11.0. The third kappa shape index (κ3) is 2.69. The van der Waals surface area contributed by atoms with Gasteiger partial charge in [-0.1, -0.05) is 0 Å². The van der Waals surface area contributed by atoms with Gasteiger partial charge in [-0.25, -0.2) is 18.5 Å². The average molecular weight is 244 g/mol. The molecule has 1 atom stereocenters. The molecule has 1 aliphatic heterocycles. The zero-order valence-corrected chi connectivity index (χ0v) is 9.31. The summed E-state index contributed by atoms with van der Waals surface area (Å²) >= 11 is 0. The van der Waals surface area contributed by atoms with Crippen LogP contribution in [0.3, 0.4) is 0 Å². The smallest absolute Gasteiger partial charge is 0.239 e. The van der Waals surface area contributed by atoms with Crippen molar-refractivity contribution in [3.8, 4) is 5.88 Å². The maximum Gasteiger partial charge on any atom is 0.239 e. The molecular formula is C9H12N2O4S. The molecule has 0 aromatic carbocycles. The summed E-state index contributed by atoms with van der Waals surface area (Å²) in [7, 11) is -3.69. The first-order valence-corrected chi connectivity index (χ1v) is 6.33. The lowest BCUT2D eigenvalue weighted by atomic mass is 10.3. The molecule has 0 bridgehead atoms. The van der Waals surface area contributed by atoms with Crippen molar-refractivity contribution in [1.82, 2.24) is 4.98 Å². The Bertz CT molecular complexity index is 451. The lowest BCUT2D eigenvalue weighted by molar-refractivity contribution is 0.138. The van der Waals surface area contributed by atoms with E-state index in [-0.39, 0.29) is 11.0 Å². The molecule has 0 aliphatic carbocycles. The molecule has 1 saturated heterocycles. The van der Waals surface area contributed by atoms with Crippen LogP contribution in [-0.4, -0.2) is 32.7 Å². The van der Waals surface area contributed by atoms with Crippen LogP contribution in [-0.2, 0) is 14.8 Å². The summed E-state index contributed by atoms with van der Waals surface area (Å²) in [5.41, 5.74) is 0. The predicted octanol–water partition coefficient (Wildman–Crippen LogP) is -0.103. The zero-order chi connectivity index (χ0) is 11.6. The number of aromatic nitrogens is 1. The summed E-state index contributed by atoms with van der Waals surface area (Å²) in [6.07, 6.45) is 1.99. The van der Waals surface area contributed by atoms with Crippen molar-refractivity contribution in [2.75, 3.05) is 13.2 Å². The second-order valence-electron chi connectivity index (χ2n) is 3.48. The molecule has 2 N–H and O–H groups in total. The lowest BCUT2D eigenvalue weighted by Gasteiger charge is -2.10. The molecule has 16 heavy (non-hydrogen) atoms. The van der Waals surface area contributed by atoms with Gasteiger partial charge in [0.1, 0.15) is 11.0 Å². The summed E-state index contributed by atoms with van der Waals surface area (Å²) in [6.45, 7) is 1.22. The second kappa shape index (κ2) is 4.36. The topological polar surface area (TPSA) is 91.5 Å². The van der Waals surface area contributed by atoms with E-state index in [1.807, 2.05) is 0 Å². The van der Waals surface area contributed by atoms with E-state index in [4.69, 9.17) is 14.6 Å². The molecule has 0 saturated carbocycles. The van der Waals surface area contributed by atoms with Gasteiger partial charge in [0.15, 0.2) is 0 Å². The highest BCUT2D eigenvalue weighted by molar-refractivity contribution is 7.89. The van der Waals surface area contributed by atoms with Gasteiger partial charge < -0.3 is 9.47 Å². The highest BCUT2D eigenvalue weighted by Gasteiger charge is 2.18. The molecule has 1 fully saturated rings. The summed E-state index contributed by atoms with van der Waals surface area (Å²) in [5, 5.41) is 4.94. The molecule has 1 aromatic heterocycles. The Morgan fingerprint density at radius 3 is 2.81 bits per heavy atom. The van der Waals surface area contributed by atoms with Crippen molar-refractivity contribution in [1.29, 1.82) is 0 Å². The standard InChI is InChI=1S/C9H12N2O4S/c10-16(12,13)8-1-2-9(11-5-8)15-7-3-4-14-6-7/h1-2,5,7H,3-4,6H2,(H2,10,12,13). The molecule has 0 radical (unpaired) electrons. The van der Waals surface area contributed by atoms with Gasteiger partial charge in [0, 0.05) is 12.5 Å². The van der Waals surface area contributed by atoms with Crippen LogP contribution >= 0.6 is 0 Å². The second-order valence-corrected chi connectivity index (χ2v) is 5.04. The lowest BCUT2D eigenvalue weighted by Crippen LogP contribution is -2.17. The minimum atomic E-state index is -3.69. The molecule has 2 rings (SSSR count). The summed E-state index contributed by atoms with van der Waals surface area (Å²) in [6, 6.07) is 2.85. The quantitative estimate of drug-likeness (QED) is 0.801. The van der Waals surface area contributed by atoms with Gasteiger partial charge in [-0.2, -0.15) is 0 Å². The number of ether oxygens (including phenoxy) is 2. The van der Waals surface area contributed by atoms with Crippen LogP contribution in [0.15, 0.2) is 23.2 Å². The van der Waals surface area contributed by atoms with Crippen LogP contribution in [0.4, 0.5) is 0 Å². The van der Waals surface area contributed by atoms with Gasteiger partial charge in [-0.05, 0) is 6.07 Å². The Morgan fingerprint density at radius 2 is 2.31 bits per heavy atom. The molecule has 6 nitrogen and oxygen atoms in total. The normalized spacial score (nSPS) is 20.9. The zero-order valence-electron chi connectivity index (χ0n) is 8.50. The summed E-state index contributed by atoms with van der Waals surface area (Å²) in [5.74, 6) is 0.378. The third-order valence-electron chi connectivity index (χ3n) is 2.21. The number of primary sulfonamides is 1. The molecule has 0 amide bonds. The Morgan fingerprint density at radius 1 is 1.50 bits per heavy atom. The van der Waals surface area contributed by atoms with Gasteiger partial charge in [-0.15, -0.1) is 0 Å². The van der Waals surface area contributed by atoms with E-state index in [0.29, 0.717) is 19.1 Å². The predicted molar refractivity (Wildman–Crippen MR) is 55.5 cm³/mol. The molecule has 7 heteroatoms. The average Bonchev–Trinajstić information content (AvgIpc) is 2.70. The number of hydrogen-bond donors (Lipinski definition) is 1. The van der Waals surface area contributed by atoms with E-state index in [1.165, 1.54) is 18.3 Å². The minimum Gasteiger partial charge on any atom is -0.472 e. The Balaban J connectivity index is 2.07. The van der Waals surface area contributed by atoms with E-state index < -0.39 is 10.0 Å². The fraction of sp³-hybridized carbons (Fsp3) is 0.444. The number of hydrogen-bond acceptors (Lipinski definition) is 5. The van der Waals surface area contributed by atoms with Crippen LogP contribution in [0, 0.1) is 0 Å². The van der Waals surface area contributed by atoms with Crippen molar-refractivity contribution >= 4 is 10.0 Å². The Hall–Kier alpha value is -1.18. The number of nitrogens with two attached hydrogens (primary N) is 1. The molecule has 0 spiro atoms. The van der Waals surface area contributed by atoms with Crippen molar-refractivity contribution in [2.45, 2.75) is 17.4 Å². The van der Waals surface area contributed by atoms with E-state index in [9.17, 15) is 8.42 Å². The van der Waals surface area contributed by atoms with E-state index in [1.54, 1.807) is 0 Å². The van der Waals surface area contributed by atoms with Crippen molar-refractivity contribution < 1.29 is 17.9 Å². The highest BCUT2D eigenvalue weighted by atomic mass is 32.2. The van der Waals surface area contributed by atoms with Gasteiger partial charge in [0.25, 0.3) is 0 Å². The molecule has 1 unspecified atom stereocenters. The number of pyridine rings is 1. The number of rotatable bonds is 3. The van der Waals surface area contributed by atoms with E-state index >= 15 is 0 Å². The van der Waals surface area contributed by atoms with Gasteiger partial charge in [0.2, 0.25) is 15.9 Å². The largest absolute Gasteiger partial charge is 0.472 e. The minimum absolute atomic E-state index is 0.00664. The van der Waals surface area contributed by atoms with Crippen LogP contribution in [0.2, 0.25) is 0 Å². The fourth-order valence-electron chi connectivity index (χ4n) is 1.38. The van der Waals surface area contributed by atoms with Crippen molar-refractivity contribution in [2.24, 2.45) is 5.14 Å². The summed E-state index contributed by atoms with van der Waals surface area (Å²) < 4.78 is 32.5. The first-order valence-electron chi connectivity index (χ1n) is 4.79. The van der Waals surface area contributed by atoms with Crippen LogP contribution in [0.5, 0.6) is 5.88 Å². The highest BCUT2D eigenvalue weighted by Crippen LogP contribution is 2.15. The van der Waals surface area contributed by atoms with Gasteiger partial charge in [0.05, 0.1) is 19.4 Å². The van der Waals surface area contributed by atoms with Crippen LogP contribution in [0.1, 0.15) is 6.42 Å². The maximum atomic E-state index is 11.0. The van der Waals surface area contributed by atoms with Crippen LogP contribution in [0.25, 0.3) is 0 Å². The SMILES string of the molecule is NS(=O)(=O)c1ccc(OC2CCOC2)nc1. The molecule has 2 heterocycles. The van der Waals surface area contributed by atoms with Crippen molar-refractivity contribution in [3.05, 3.63) is 18.3 Å². The van der Waals surface area contributed by atoms with Gasteiger partial charge >= 0.3 is 0 Å². The molecule has 1 aromatic rings. The van der Waals surface area contributed by atoms with E-state index in [0.717, 1.165) is 6.42 Å². The number of sulfonamides is 1. The fourth-order valence-corrected chi connectivity index (χ4v) is 1.84. The van der Waals surface area contributed by atoms with Crippen molar-refractivity contribution in [3.63, 3.8) is 0 Å². The molecule has 1 aliphatic rings. The van der Waals surface area contributed by atoms with E-state index in [2.05, 4.69) is 4.98 Å². The molecule has 88 valence electrons. The first kappa shape index (κ1) is 11.3. The Kier molecular flexibility index (Phi) is 3.08.